The van der Waals surface area contributed by atoms with Gasteiger partial charge in [-0.25, -0.2) is 0 Å². The second-order valence-electron chi connectivity index (χ2n) is 9.52. The second-order valence-corrected chi connectivity index (χ2v) is 11.2. The maximum absolute atomic E-state index is 9.27. The average molecular weight is 523 g/mol. The van der Waals surface area contributed by atoms with Crippen LogP contribution in [0.1, 0.15) is 90.5 Å². The highest BCUT2D eigenvalue weighted by atomic mass is 32.2. The molecule has 4 nitrogen and oxygen atoms in total. The van der Waals surface area contributed by atoms with Crippen molar-refractivity contribution in [3.8, 4) is 5.75 Å². The number of thioether (sulfide) groups is 1. The SMILES string of the molecule is CC(C)O.CCC.CC[C@@](OC)(SC(C)CO)c1ccc(C)cc1C.Cc1ccc(OC(C)C)cc1. The molecule has 0 bridgehead atoms. The van der Waals surface area contributed by atoms with Gasteiger partial charge in [0.2, 0.25) is 0 Å². The van der Waals surface area contributed by atoms with E-state index in [0.717, 1.165) is 12.2 Å². The minimum absolute atomic E-state index is 0.158. The molecular weight excluding hydrogens is 468 g/mol. The summed E-state index contributed by atoms with van der Waals surface area (Å²) in [6, 6.07) is 14.5. The second kappa shape index (κ2) is 20.5. The third-order valence-corrected chi connectivity index (χ3v) is 6.24. The fraction of sp³-hybridized carbons (Fsp3) is 0.613. The molecule has 0 saturated heterocycles. The molecule has 2 N–H and O–H groups in total. The Morgan fingerprint density at radius 1 is 0.861 bits per heavy atom. The lowest BCUT2D eigenvalue weighted by molar-refractivity contribution is 0.0644. The summed E-state index contributed by atoms with van der Waals surface area (Å²) in [6.45, 7) is 22.4. The molecule has 36 heavy (non-hydrogen) atoms. The highest BCUT2D eigenvalue weighted by molar-refractivity contribution is 8.00. The number of ether oxygens (including phenoxy) is 2. The number of aliphatic hydroxyl groups excluding tert-OH is 2. The highest BCUT2D eigenvalue weighted by Gasteiger charge is 2.34. The van der Waals surface area contributed by atoms with E-state index in [-0.39, 0.29) is 29.0 Å². The number of rotatable bonds is 8. The summed E-state index contributed by atoms with van der Waals surface area (Å²) in [7, 11) is 1.75. The largest absolute Gasteiger partial charge is 0.491 e. The standard InChI is InChI=1S/C15H24O2S.C10H14O.C3H8O.C3H8/c1-6-15(17-5,18-13(4)10-16)14-8-7-11(2)9-12(14)3;1-8(2)11-10-6-4-9(3)5-7-10;1-3(2)4;1-3-2/h7-9,13,16H,6,10H2,1-5H3;4-8H,1-3H3;3-4H,1-2H3;3H2,1-2H3/t13?,15-;;;/m1.../s1. The molecule has 0 fully saturated rings. The first-order valence-corrected chi connectivity index (χ1v) is 14.0. The van der Waals surface area contributed by atoms with Crippen LogP contribution in [0.5, 0.6) is 5.75 Å². The van der Waals surface area contributed by atoms with E-state index in [2.05, 4.69) is 71.9 Å². The van der Waals surface area contributed by atoms with Gasteiger partial charge < -0.3 is 19.7 Å². The van der Waals surface area contributed by atoms with E-state index in [1.807, 2.05) is 32.9 Å². The van der Waals surface area contributed by atoms with Crippen LogP contribution in [0.15, 0.2) is 42.5 Å². The zero-order valence-electron chi connectivity index (χ0n) is 25.0. The Kier molecular flexibility index (Phi) is 20.9. The van der Waals surface area contributed by atoms with E-state index in [0.29, 0.717) is 0 Å². The third kappa shape index (κ3) is 16.3. The Labute approximate surface area is 226 Å². The van der Waals surface area contributed by atoms with Crippen LogP contribution < -0.4 is 4.74 Å². The van der Waals surface area contributed by atoms with Gasteiger partial charge in [-0.3, -0.25) is 0 Å². The molecule has 0 aliphatic carbocycles. The van der Waals surface area contributed by atoms with Crippen molar-refractivity contribution >= 4 is 11.8 Å². The zero-order valence-corrected chi connectivity index (χ0v) is 25.8. The smallest absolute Gasteiger partial charge is 0.139 e. The molecule has 2 rings (SSSR count). The highest BCUT2D eigenvalue weighted by Crippen LogP contribution is 2.44. The zero-order chi connectivity index (χ0) is 28.3. The van der Waals surface area contributed by atoms with E-state index in [4.69, 9.17) is 14.6 Å². The molecule has 0 radical (unpaired) electrons. The lowest BCUT2D eigenvalue weighted by Crippen LogP contribution is -2.28. The van der Waals surface area contributed by atoms with Gasteiger partial charge in [-0.1, -0.05) is 75.6 Å². The van der Waals surface area contributed by atoms with Gasteiger partial charge in [0.25, 0.3) is 0 Å². The van der Waals surface area contributed by atoms with E-state index in [1.54, 1.807) is 32.7 Å². The molecule has 2 atom stereocenters. The van der Waals surface area contributed by atoms with Crippen molar-refractivity contribution < 1.29 is 19.7 Å². The number of aliphatic hydroxyl groups is 2. The van der Waals surface area contributed by atoms with Crippen molar-refractivity contribution in [1.82, 2.24) is 0 Å². The van der Waals surface area contributed by atoms with Crippen LogP contribution in [0.25, 0.3) is 0 Å². The van der Waals surface area contributed by atoms with Gasteiger partial charge in [-0.2, -0.15) is 0 Å². The summed E-state index contributed by atoms with van der Waals surface area (Å²) in [4.78, 5) is -0.361. The maximum atomic E-state index is 9.27. The van der Waals surface area contributed by atoms with Crippen LogP contribution in [0.3, 0.4) is 0 Å². The molecule has 5 heteroatoms. The molecule has 0 spiro atoms. The molecular formula is C31H54O4S. The van der Waals surface area contributed by atoms with E-state index >= 15 is 0 Å². The molecule has 0 aliphatic heterocycles. The molecule has 0 aromatic heterocycles. The summed E-state index contributed by atoms with van der Waals surface area (Å²) >= 11 is 1.69. The minimum Gasteiger partial charge on any atom is -0.491 e. The first kappa shape index (κ1) is 36.6. The van der Waals surface area contributed by atoms with Crippen molar-refractivity contribution in [2.75, 3.05) is 13.7 Å². The molecule has 2 aromatic rings. The Morgan fingerprint density at radius 3 is 1.69 bits per heavy atom. The van der Waals surface area contributed by atoms with Crippen LogP contribution >= 0.6 is 11.8 Å². The summed E-state index contributed by atoms with van der Waals surface area (Å²) in [5.41, 5.74) is 4.98. The maximum Gasteiger partial charge on any atom is 0.139 e. The lowest BCUT2D eigenvalue weighted by atomic mass is 9.99. The predicted molar refractivity (Wildman–Crippen MR) is 159 cm³/mol. The number of methoxy groups -OCH3 is 1. The first-order valence-electron chi connectivity index (χ1n) is 13.1. The summed E-state index contributed by atoms with van der Waals surface area (Å²) in [5.74, 6) is 0.950. The van der Waals surface area contributed by atoms with Crippen molar-refractivity contribution in [2.45, 2.75) is 111 Å². The summed E-state index contributed by atoms with van der Waals surface area (Å²) < 4.78 is 11.3. The monoisotopic (exact) mass is 522 g/mol. The molecule has 0 heterocycles. The number of aryl methyl sites for hydroxylation is 3. The quantitative estimate of drug-likeness (QED) is 0.342. The van der Waals surface area contributed by atoms with Crippen molar-refractivity contribution in [3.05, 3.63) is 64.7 Å². The molecule has 0 aliphatic rings. The van der Waals surface area contributed by atoms with E-state index in [9.17, 15) is 5.11 Å². The third-order valence-electron chi connectivity index (χ3n) is 4.63. The van der Waals surface area contributed by atoms with Gasteiger partial charge >= 0.3 is 0 Å². The summed E-state index contributed by atoms with van der Waals surface area (Å²) in [6.07, 6.45) is 2.22. The van der Waals surface area contributed by atoms with Crippen molar-refractivity contribution in [3.63, 3.8) is 0 Å². The fourth-order valence-electron chi connectivity index (χ4n) is 3.13. The van der Waals surface area contributed by atoms with E-state index < -0.39 is 0 Å². The molecule has 2 aromatic carbocycles. The minimum atomic E-state index is -0.361. The van der Waals surface area contributed by atoms with Crippen LogP contribution in [-0.4, -0.2) is 41.4 Å². The summed E-state index contributed by atoms with van der Waals surface area (Å²) in [5, 5.41) is 17.5. The Hall–Kier alpha value is -1.53. The van der Waals surface area contributed by atoms with Gasteiger partial charge in [0.15, 0.2) is 0 Å². The molecule has 0 amide bonds. The Bertz CT molecular complexity index is 781. The topological polar surface area (TPSA) is 58.9 Å². The van der Waals surface area contributed by atoms with Gasteiger partial charge in [0.1, 0.15) is 10.7 Å². The Morgan fingerprint density at radius 2 is 1.33 bits per heavy atom. The number of benzene rings is 2. The van der Waals surface area contributed by atoms with Crippen LogP contribution in [-0.2, 0) is 9.67 Å². The number of hydrogen-bond donors (Lipinski definition) is 2. The molecule has 0 saturated carbocycles. The van der Waals surface area contributed by atoms with Crippen LogP contribution in [0.2, 0.25) is 0 Å². The molecule has 1 unspecified atom stereocenters. The normalized spacial score (nSPS) is 12.8. The van der Waals surface area contributed by atoms with Crippen LogP contribution in [0, 0.1) is 20.8 Å². The first-order chi connectivity index (χ1) is 16.8. The fourth-order valence-corrected chi connectivity index (χ4v) is 4.48. The predicted octanol–water partition coefficient (Wildman–Crippen LogP) is 8.21. The van der Waals surface area contributed by atoms with Gasteiger partial charge in [0, 0.05) is 18.5 Å². The average Bonchev–Trinajstić information content (AvgIpc) is 2.79. The number of hydrogen-bond acceptors (Lipinski definition) is 5. The Balaban J connectivity index is 0. The van der Waals surface area contributed by atoms with Crippen LogP contribution in [0.4, 0.5) is 0 Å². The lowest BCUT2D eigenvalue weighted by Gasteiger charge is -2.34. The molecule has 208 valence electrons. The van der Waals surface area contributed by atoms with E-state index in [1.165, 1.54) is 28.7 Å². The van der Waals surface area contributed by atoms with Gasteiger partial charge in [-0.05, 0) is 78.1 Å². The van der Waals surface area contributed by atoms with Crippen molar-refractivity contribution in [1.29, 1.82) is 0 Å². The van der Waals surface area contributed by atoms with Gasteiger partial charge in [-0.15, -0.1) is 11.8 Å². The van der Waals surface area contributed by atoms with Gasteiger partial charge in [0.05, 0.1) is 12.7 Å². The van der Waals surface area contributed by atoms with Crippen molar-refractivity contribution in [2.24, 2.45) is 0 Å².